The number of aryl methyl sites for hydroxylation is 1. The first-order valence-corrected chi connectivity index (χ1v) is 8.74. The molecular formula is C21H23N3O3. The number of nitrogens with one attached hydrogen (secondary N) is 3. The molecular weight excluding hydrogens is 342 g/mol. The van der Waals surface area contributed by atoms with Gasteiger partial charge in [0.05, 0.1) is 18.8 Å². The molecule has 27 heavy (non-hydrogen) atoms. The summed E-state index contributed by atoms with van der Waals surface area (Å²) in [5, 5.41) is 6.86. The number of benzene rings is 2. The van der Waals surface area contributed by atoms with Crippen molar-refractivity contribution in [1.82, 2.24) is 4.98 Å². The largest absolute Gasteiger partial charge is 0.495 e. The first kappa shape index (κ1) is 18.5. The minimum Gasteiger partial charge on any atom is -0.495 e. The molecule has 6 heteroatoms. The van der Waals surface area contributed by atoms with Gasteiger partial charge in [-0.1, -0.05) is 18.2 Å². The Hall–Kier alpha value is -3.28. The average Bonchev–Trinajstić information content (AvgIpc) is 2.96. The molecule has 0 bridgehead atoms. The highest BCUT2D eigenvalue weighted by Gasteiger charge is 2.22. The van der Waals surface area contributed by atoms with Gasteiger partial charge in [0, 0.05) is 34.8 Å². The van der Waals surface area contributed by atoms with Crippen LogP contribution in [0.15, 0.2) is 42.5 Å². The van der Waals surface area contributed by atoms with Crippen molar-refractivity contribution >= 4 is 34.0 Å². The fourth-order valence-corrected chi connectivity index (χ4v) is 3.21. The van der Waals surface area contributed by atoms with E-state index in [-0.39, 0.29) is 11.7 Å². The van der Waals surface area contributed by atoms with Crippen LogP contribution in [-0.2, 0) is 4.79 Å². The van der Waals surface area contributed by atoms with E-state index in [4.69, 9.17) is 4.74 Å². The first-order chi connectivity index (χ1) is 12.9. The van der Waals surface area contributed by atoms with Crippen molar-refractivity contribution in [3.63, 3.8) is 0 Å². The van der Waals surface area contributed by atoms with E-state index in [2.05, 4.69) is 15.6 Å². The van der Waals surface area contributed by atoms with Crippen LogP contribution in [0.3, 0.4) is 0 Å². The number of H-pyrrole nitrogens is 1. The quantitative estimate of drug-likeness (QED) is 0.574. The fraction of sp³-hybridized carbons (Fsp3) is 0.238. The summed E-state index contributed by atoms with van der Waals surface area (Å²) >= 11 is 0. The van der Waals surface area contributed by atoms with Crippen molar-refractivity contribution in [3.8, 4) is 5.75 Å². The van der Waals surface area contributed by atoms with Crippen LogP contribution < -0.4 is 15.4 Å². The zero-order chi connectivity index (χ0) is 19.6. The van der Waals surface area contributed by atoms with E-state index in [0.29, 0.717) is 22.7 Å². The molecule has 3 N–H and O–H groups in total. The van der Waals surface area contributed by atoms with Crippen molar-refractivity contribution in [2.45, 2.75) is 26.8 Å². The fourth-order valence-electron chi connectivity index (χ4n) is 3.21. The lowest BCUT2D eigenvalue weighted by molar-refractivity contribution is -0.114. The second-order valence-corrected chi connectivity index (χ2v) is 6.50. The summed E-state index contributed by atoms with van der Waals surface area (Å²) in [7, 11) is 1.56. The molecule has 3 aromatic rings. The second-order valence-electron chi connectivity index (χ2n) is 6.50. The minimum atomic E-state index is -0.482. The van der Waals surface area contributed by atoms with Gasteiger partial charge in [0.25, 0.3) is 0 Å². The number of anilines is 2. The van der Waals surface area contributed by atoms with Gasteiger partial charge >= 0.3 is 0 Å². The van der Waals surface area contributed by atoms with Crippen molar-refractivity contribution in [3.05, 3.63) is 53.7 Å². The summed E-state index contributed by atoms with van der Waals surface area (Å²) in [6, 6.07) is 12.5. The highest BCUT2D eigenvalue weighted by Crippen LogP contribution is 2.30. The number of aromatic nitrogens is 1. The van der Waals surface area contributed by atoms with Crippen LogP contribution in [0.1, 0.15) is 29.9 Å². The van der Waals surface area contributed by atoms with E-state index in [9.17, 15) is 9.59 Å². The summed E-state index contributed by atoms with van der Waals surface area (Å²) in [6.07, 6.45) is 0. The van der Waals surface area contributed by atoms with Gasteiger partial charge in [-0.2, -0.15) is 0 Å². The Balaban J connectivity index is 1.90. The van der Waals surface area contributed by atoms with Crippen molar-refractivity contribution in [2.24, 2.45) is 0 Å². The maximum atomic E-state index is 13.1. The van der Waals surface area contributed by atoms with Crippen LogP contribution in [-0.4, -0.2) is 29.8 Å². The highest BCUT2D eigenvalue weighted by atomic mass is 16.5. The number of methoxy groups -OCH3 is 1. The Morgan fingerprint density at radius 2 is 1.89 bits per heavy atom. The average molecular weight is 365 g/mol. The molecule has 0 aliphatic heterocycles. The van der Waals surface area contributed by atoms with Crippen LogP contribution in [0.25, 0.3) is 10.9 Å². The third kappa shape index (κ3) is 3.79. The number of para-hydroxylation sites is 1. The maximum absolute atomic E-state index is 13.1. The molecule has 0 spiro atoms. The Morgan fingerprint density at radius 1 is 1.15 bits per heavy atom. The molecule has 0 saturated carbocycles. The molecule has 0 aliphatic carbocycles. The zero-order valence-electron chi connectivity index (χ0n) is 15.8. The van der Waals surface area contributed by atoms with Crippen LogP contribution in [0.5, 0.6) is 5.75 Å². The van der Waals surface area contributed by atoms with Gasteiger partial charge in [-0.25, -0.2) is 0 Å². The highest BCUT2D eigenvalue weighted by molar-refractivity contribution is 6.12. The first-order valence-electron chi connectivity index (χ1n) is 8.74. The Labute approximate surface area is 157 Å². The lowest BCUT2D eigenvalue weighted by Crippen LogP contribution is -2.27. The SMILES string of the molecule is COc1ccc(NC(C)=O)cc1NC(C)C(=O)c1c(C)[nH]c2ccccc12. The molecule has 3 rings (SSSR count). The van der Waals surface area contributed by atoms with Gasteiger partial charge in [0.2, 0.25) is 5.91 Å². The smallest absolute Gasteiger partial charge is 0.221 e. The van der Waals surface area contributed by atoms with E-state index in [1.807, 2.05) is 38.1 Å². The molecule has 6 nitrogen and oxygen atoms in total. The summed E-state index contributed by atoms with van der Waals surface area (Å²) < 4.78 is 5.38. The Kier molecular flexibility index (Phi) is 5.16. The van der Waals surface area contributed by atoms with Crippen LogP contribution in [0.4, 0.5) is 11.4 Å². The number of ether oxygens (including phenoxy) is 1. The molecule has 0 aliphatic rings. The summed E-state index contributed by atoms with van der Waals surface area (Å²) in [5.41, 5.74) is 3.74. The van der Waals surface area contributed by atoms with Gasteiger partial charge in [-0.3, -0.25) is 9.59 Å². The maximum Gasteiger partial charge on any atom is 0.221 e. The molecule has 0 radical (unpaired) electrons. The number of aromatic amines is 1. The summed E-state index contributed by atoms with van der Waals surface area (Å²) in [5.74, 6) is 0.418. The van der Waals surface area contributed by atoms with Gasteiger partial charge in [-0.15, -0.1) is 0 Å². The number of hydrogen-bond acceptors (Lipinski definition) is 4. The Morgan fingerprint density at radius 3 is 2.59 bits per heavy atom. The van der Waals surface area contributed by atoms with Crippen LogP contribution >= 0.6 is 0 Å². The monoisotopic (exact) mass is 365 g/mol. The third-order valence-corrected chi connectivity index (χ3v) is 4.43. The zero-order valence-corrected chi connectivity index (χ0v) is 15.8. The van der Waals surface area contributed by atoms with E-state index in [1.54, 1.807) is 25.3 Å². The van der Waals surface area contributed by atoms with Crippen LogP contribution in [0.2, 0.25) is 0 Å². The number of Topliss-reactive ketones (excluding diaryl/α,β-unsaturated/α-hetero) is 1. The lowest BCUT2D eigenvalue weighted by Gasteiger charge is -2.18. The predicted molar refractivity (Wildman–Crippen MR) is 108 cm³/mol. The number of amides is 1. The standard InChI is InChI=1S/C21H23N3O3/c1-12-20(16-7-5-6-8-17(16)22-12)21(26)13(2)23-18-11-15(24-14(3)25)9-10-19(18)27-4/h5-11,13,22-23H,1-4H3,(H,24,25). The van der Waals surface area contributed by atoms with E-state index < -0.39 is 6.04 Å². The topological polar surface area (TPSA) is 83.2 Å². The Bertz CT molecular complexity index is 1010. The van der Waals surface area contributed by atoms with Gasteiger partial charge in [0.1, 0.15) is 5.75 Å². The van der Waals surface area contributed by atoms with E-state index >= 15 is 0 Å². The molecule has 1 amide bonds. The molecule has 1 aromatic heterocycles. The normalized spacial score (nSPS) is 11.9. The van der Waals surface area contributed by atoms with Crippen molar-refractivity contribution in [1.29, 1.82) is 0 Å². The van der Waals surface area contributed by atoms with E-state index in [0.717, 1.165) is 16.6 Å². The summed E-state index contributed by atoms with van der Waals surface area (Å²) in [4.78, 5) is 27.7. The molecule has 1 unspecified atom stereocenters. The number of hydrogen-bond donors (Lipinski definition) is 3. The molecule has 0 saturated heterocycles. The van der Waals surface area contributed by atoms with Gasteiger partial charge in [0.15, 0.2) is 5.78 Å². The number of carbonyl (C=O) groups excluding carboxylic acids is 2. The third-order valence-electron chi connectivity index (χ3n) is 4.43. The minimum absolute atomic E-state index is 0.0167. The molecule has 1 heterocycles. The van der Waals surface area contributed by atoms with E-state index in [1.165, 1.54) is 6.92 Å². The van der Waals surface area contributed by atoms with Crippen LogP contribution in [0, 0.1) is 6.92 Å². The van der Waals surface area contributed by atoms with Gasteiger partial charge < -0.3 is 20.4 Å². The van der Waals surface area contributed by atoms with Crippen molar-refractivity contribution < 1.29 is 14.3 Å². The lowest BCUT2D eigenvalue weighted by atomic mass is 10.0. The molecule has 2 aromatic carbocycles. The van der Waals surface area contributed by atoms with Crippen molar-refractivity contribution in [2.75, 3.05) is 17.7 Å². The number of ketones is 1. The second kappa shape index (κ2) is 7.53. The molecule has 1 atom stereocenters. The number of rotatable bonds is 6. The number of carbonyl (C=O) groups is 2. The molecule has 0 fully saturated rings. The summed E-state index contributed by atoms with van der Waals surface area (Å²) in [6.45, 7) is 5.16. The molecule has 140 valence electrons. The number of fused-ring (bicyclic) bond motifs is 1. The predicted octanol–water partition coefficient (Wildman–Crippen LogP) is 4.13. The van der Waals surface area contributed by atoms with Gasteiger partial charge in [-0.05, 0) is 38.1 Å².